The Balaban J connectivity index is 2.70. The van der Waals surface area contributed by atoms with Gasteiger partial charge in [-0.15, -0.1) is 0 Å². The van der Waals surface area contributed by atoms with Crippen LogP contribution in [-0.2, 0) is 9.53 Å². The Bertz CT molecular complexity index is 381. The van der Waals surface area contributed by atoms with Crippen LogP contribution in [0.3, 0.4) is 0 Å². The first-order valence-electron chi connectivity index (χ1n) is 5.37. The highest BCUT2D eigenvalue weighted by Crippen LogP contribution is 2.16. The maximum absolute atomic E-state index is 13.4. The number of ether oxygens (including phenoxy) is 1. The Hall–Kier alpha value is -1.46. The van der Waals surface area contributed by atoms with Crippen molar-refractivity contribution in [1.82, 2.24) is 5.32 Å². The lowest BCUT2D eigenvalue weighted by atomic mass is 10.1. The van der Waals surface area contributed by atoms with Crippen molar-refractivity contribution in [1.29, 1.82) is 0 Å². The zero-order chi connectivity index (χ0) is 12.8. The monoisotopic (exact) mass is 240 g/mol. The van der Waals surface area contributed by atoms with Gasteiger partial charge in [0.2, 0.25) is 0 Å². The molecule has 0 spiro atoms. The van der Waals surface area contributed by atoms with Gasteiger partial charge in [0.15, 0.2) is 0 Å². The van der Waals surface area contributed by atoms with Gasteiger partial charge in [-0.3, -0.25) is 4.79 Å². The minimum Gasteiger partial charge on any atom is -0.370 e. The van der Waals surface area contributed by atoms with Gasteiger partial charge in [0.25, 0.3) is 5.91 Å². The van der Waals surface area contributed by atoms with E-state index in [2.05, 4.69) is 5.32 Å². The maximum Gasteiger partial charge on any atom is 0.250 e. The van der Waals surface area contributed by atoms with Crippen molar-refractivity contribution in [2.75, 3.05) is 13.7 Å². The number of nitrogens with two attached hydrogens (primary N) is 1. The third-order valence-electron chi connectivity index (χ3n) is 2.52. The van der Waals surface area contributed by atoms with E-state index in [0.717, 1.165) is 0 Å². The molecule has 1 rings (SSSR count). The molecular weight excluding hydrogens is 223 g/mol. The van der Waals surface area contributed by atoms with Gasteiger partial charge in [-0.2, -0.15) is 0 Å². The number of rotatable bonds is 5. The van der Waals surface area contributed by atoms with Crippen molar-refractivity contribution in [2.45, 2.75) is 19.1 Å². The van der Waals surface area contributed by atoms with E-state index in [4.69, 9.17) is 10.5 Å². The summed E-state index contributed by atoms with van der Waals surface area (Å²) in [5, 5.41) is 2.66. The summed E-state index contributed by atoms with van der Waals surface area (Å²) in [7, 11) is 1.41. The first kappa shape index (κ1) is 13.6. The standard InChI is InChI=1S/C12H17FN2O2/c1-8(9-5-3-4-6-10(9)13)15-12(16)11(7-14)17-2/h3-6,8,11H,7,14H2,1-2H3,(H,15,16). The fraction of sp³-hybridized carbons (Fsp3) is 0.417. The molecule has 1 aromatic carbocycles. The van der Waals surface area contributed by atoms with Crippen LogP contribution in [0.4, 0.5) is 4.39 Å². The molecule has 1 amide bonds. The molecule has 5 heteroatoms. The van der Waals surface area contributed by atoms with E-state index in [1.807, 2.05) is 0 Å². The summed E-state index contributed by atoms with van der Waals surface area (Å²) < 4.78 is 18.3. The van der Waals surface area contributed by atoms with Crippen molar-refractivity contribution in [2.24, 2.45) is 5.73 Å². The van der Waals surface area contributed by atoms with Crippen molar-refractivity contribution < 1.29 is 13.9 Å². The second-order valence-corrected chi connectivity index (χ2v) is 3.71. The lowest BCUT2D eigenvalue weighted by Gasteiger charge is -2.18. The molecule has 0 aliphatic rings. The quantitative estimate of drug-likeness (QED) is 0.806. The largest absolute Gasteiger partial charge is 0.370 e. The maximum atomic E-state index is 13.4. The average Bonchev–Trinajstić information content (AvgIpc) is 2.31. The van der Waals surface area contributed by atoms with Crippen LogP contribution in [0.1, 0.15) is 18.5 Å². The molecule has 0 aromatic heterocycles. The van der Waals surface area contributed by atoms with Gasteiger partial charge in [-0.25, -0.2) is 4.39 Å². The van der Waals surface area contributed by atoms with Crippen LogP contribution in [0, 0.1) is 5.82 Å². The molecule has 0 radical (unpaired) electrons. The minimum atomic E-state index is -0.704. The Morgan fingerprint density at radius 3 is 2.71 bits per heavy atom. The Morgan fingerprint density at radius 1 is 1.53 bits per heavy atom. The van der Waals surface area contributed by atoms with E-state index >= 15 is 0 Å². The second-order valence-electron chi connectivity index (χ2n) is 3.71. The number of amides is 1. The van der Waals surface area contributed by atoms with Gasteiger partial charge < -0.3 is 15.8 Å². The van der Waals surface area contributed by atoms with Crippen molar-refractivity contribution in [3.8, 4) is 0 Å². The molecule has 0 saturated heterocycles. The van der Waals surface area contributed by atoms with Gasteiger partial charge in [0.05, 0.1) is 6.04 Å². The molecule has 0 heterocycles. The summed E-state index contributed by atoms with van der Waals surface area (Å²) in [4.78, 5) is 11.7. The molecular formula is C12H17FN2O2. The van der Waals surface area contributed by atoms with Gasteiger partial charge in [0.1, 0.15) is 11.9 Å². The van der Waals surface area contributed by atoms with Crippen LogP contribution in [0.2, 0.25) is 0 Å². The second kappa shape index (κ2) is 6.32. The normalized spacial score (nSPS) is 14.1. The smallest absolute Gasteiger partial charge is 0.250 e. The molecule has 1 aromatic rings. The molecule has 2 unspecified atom stereocenters. The zero-order valence-corrected chi connectivity index (χ0v) is 9.94. The van der Waals surface area contributed by atoms with Gasteiger partial charge >= 0.3 is 0 Å². The van der Waals surface area contributed by atoms with E-state index < -0.39 is 12.1 Å². The lowest BCUT2D eigenvalue weighted by Crippen LogP contribution is -2.41. The highest BCUT2D eigenvalue weighted by Gasteiger charge is 2.19. The number of carbonyl (C=O) groups is 1. The zero-order valence-electron chi connectivity index (χ0n) is 9.94. The van der Waals surface area contributed by atoms with Crippen molar-refractivity contribution in [3.05, 3.63) is 35.6 Å². The molecule has 4 nitrogen and oxygen atoms in total. The molecule has 0 aliphatic carbocycles. The van der Waals surface area contributed by atoms with E-state index in [1.165, 1.54) is 13.2 Å². The third-order valence-corrected chi connectivity index (χ3v) is 2.52. The molecule has 0 aliphatic heterocycles. The summed E-state index contributed by atoms with van der Waals surface area (Å²) in [5.74, 6) is -0.687. The van der Waals surface area contributed by atoms with E-state index in [1.54, 1.807) is 25.1 Å². The first-order valence-corrected chi connectivity index (χ1v) is 5.37. The van der Waals surface area contributed by atoms with Gasteiger partial charge in [-0.1, -0.05) is 18.2 Å². The van der Waals surface area contributed by atoms with Gasteiger partial charge in [-0.05, 0) is 13.0 Å². The Morgan fingerprint density at radius 2 is 2.18 bits per heavy atom. The lowest BCUT2D eigenvalue weighted by molar-refractivity contribution is -0.131. The number of nitrogens with one attached hydrogen (secondary N) is 1. The Kier molecular flexibility index (Phi) is 5.06. The van der Waals surface area contributed by atoms with Crippen LogP contribution in [-0.4, -0.2) is 25.7 Å². The fourth-order valence-corrected chi connectivity index (χ4v) is 1.52. The topological polar surface area (TPSA) is 64.3 Å². The van der Waals surface area contributed by atoms with Gasteiger partial charge in [0, 0.05) is 19.2 Å². The molecule has 3 N–H and O–H groups in total. The summed E-state index contributed by atoms with van der Waals surface area (Å²) in [6, 6.07) is 5.88. The van der Waals surface area contributed by atoms with E-state index in [0.29, 0.717) is 5.56 Å². The predicted octanol–water partition coefficient (Wildman–Crippen LogP) is 0.977. The highest BCUT2D eigenvalue weighted by atomic mass is 19.1. The third kappa shape index (κ3) is 3.51. The van der Waals surface area contributed by atoms with Crippen molar-refractivity contribution in [3.63, 3.8) is 0 Å². The molecule has 2 atom stereocenters. The minimum absolute atomic E-state index is 0.0896. The number of hydrogen-bond acceptors (Lipinski definition) is 3. The Labute approximate surface area is 100.0 Å². The average molecular weight is 240 g/mol. The van der Waals surface area contributed by atoms with Crippen LogP contribution in [0.5, 0.6) is 0 Å². The van der Waals surface area contributed by atoms with E-state index in [9.17, 15) is 9.18 Å². The fourth-order valence-electron chi connectivity index (χ4n) is 1.52. The number of hydrogen-bond donors (Lipinski definition) is 2. The van der Waals surface area contributed by atoms with Crippen molar-refractivity contribution >= 4 is 5.91 Å². The molecule has 0 bridgehead atoms. The van der Waals surface area contributed by atoms with Crippen LogP contribution >= 0.6 is 0 Å². The summed E-state index contributed by atoms with van der Waals surface area (Å²) in [6.45, 7) is 1.80. The first-order chi connectivity index (χ1) is 8.10. The molecule has 0 saturated carbocycles. The molecule has 94 valence electrons. The number of benzene rings is 1. The highest BCUT2D eigenvalue weighted by molar-refractivity contribution is 5.81. The van der Waals surface area contributed by atoms with E-state index in [-0.39, 0.29) is 18.3 Å². The number of halogens is 1. The van der Waals surface area contributed by atoms with Crippen LogP contribution in [0.15, 0.2) is 24.3 Å². The predicted molar refractivity (Wildman–Crippen MR) is 62.8 cm³/mol. The molecule has 0 fully saturated rings. The van der Waals surface area contributed by atoms with Crippen LogP contribution in [0.25, 0.3) is 0 Å². The number of methoxy groups -OCH3 is 1. The summed E-state index contributed by atoms with van der Waals surface area (Å²) in [6.07, 6.45) is -0.704. The molecule has 17 heavy (non-hydrogen) atoms. The summed E-state index contributed by atoms with van der Waals surface area (Å²) >= 11 is 0. The van der Waals surface area contributed by atoms with Crippen LogP contribution < -0.4 is 11.1 Å². The number of carbonyl (C=O) groups excluding carboxylic acids is 1. The summed E-state index contributed by atoms with van der Waals surface area (Å²) in [5.41, 5.74) is 5.81. The SMILES string of the molecule is COC(CN)C(=O)NC(C)c1ccccc1F.